The predicted octanol–water partition coefficient (Wildman–Crippen LogP) is 4.30. The number of carbonyl (C=O) groups is 1. The van der Waals surface area contributed by atoms with E-state index in [2.05, 4.69) is 5.32 Å². The Morgan fingerprint density at radius 3 is 2.44 bits per heavy atom. The van der Waals surface area contributed by atoms with Gasteiger partial charge in [-0.25, -0.2) is 0 Å². The van der Waals surface area contributed by atoms with Gasteiger partial charge in [0.15, 0.2) is 11.5 Å². The van der Waals surface area contributed by atoms with Gasteiger partial charge in [0.2, 0.25) is 0 Å². The molecule has 2 aromatic carbocycles. The molecular weight excluding hydrogens is 368 g/mol. The molecule has 0 aliphatic heterocycles. The number of hydrogen-bond acceptors (Lipinski definition) is 5. The molecule has 0 fully saturated rings. The van der Waals surface area contributed by atoms with Gasteiger partial charge < -0.3 is 19.5 Å². The number of carbonyl (C=O) groups excluding carboxylic acids is 1. The lowest BCUT2D eigenvalue weighted by molar-refractivity contribution is -0.112. The van der Waals surface area contributed by atoms with Crippen LogP contribution in [-0.2, 0) is 4.79 Å². The minimum atomic E-state index is -0.549. The first kappa shape index (κ1) is 20.1. The molecule has 27 heavy (non-hydrogen) atoms. The van der Waals surface area contributed by atoms with E-state index in [-0.39, 0.29) is 5.57 Å². The van der Waals surface area contributed by atoms with Crippen molar-refractivity contribution in [1.82, 2.24) is 0 Å². The van der Waals surface area contributed by atoms with Gasteiger partial charge in [-0.1, -0.05) is 11.6 Å². The highest BCUT2D eigenvalue weighted by Crippen LogP contribution is 2.34. The van der Waals surface area contributed by atoms with E-state index >= 15 is 0 Å². The SMILES string of the molecule is CCOc1cc(/C=C(\C#N)C(=O)Nc2ccc(OC)cc2)c(Cl)cc1OC. The Morgan fingerprint density at radius 2 is 1.89 bits per heavy atom. The molecule has 6 nitrogen and oxygen atoms in total. The van der Waals surface area contributed by atoms with Crippen LogP contribution in [0.2, 0.25) is 5.02 Å². The molecule has 0 radical (unpaired) electrons. The summed E-state index contributed by atoms with van der Waals surface area (Å²) in [5.74, 6) is 1.06. The van der Waals surface area contributed by atoms with Crippen LogP contribution in [0.25, 0.3) is 6.08 Å². The zero-order valence-electron chi connectivity index (χ0n) is 15.2. The van der Waals surface area contributed by atoms with E-state index in [1.807, 2.05) is 13.0 Å². The Bertz CT molecular complexity index is 886. The number of anilines is 1. The Kier molecular flexibility index (Phi) is 7.09. The normalized spacial score (nSPS) is 10.7. The lowest BCUT2D eigenvalue weighted by atomic mass is 10.1. The monoisotopic (exact) mass is 386 g/mol. The first-order valence-corrected chi connectivity index (χ1v) is 8.47. The Balaban J connectivity index is 2.29. The fourth-order valence-corrected chi connectivity index (χ4v) is 2.47. The zero-order valence-corrected chi connectivity index (χ0v) is 16.0. The highest BCUT2D eigenvalue weighted by molar-refractivity contribution is 6.32. The third kappa shape index (κ3) is 5.16. The molecule has 1 N–H and O–H groups in total. The largest absolute Gasteiger partial charge is 0.497 e. The number of methoxy groups -OCH3 is 2. The summed E-state index contributed by atoms with van der Waals surface area (Å²) >= 11 is 6.24. The second-order valence-electron chi connectivity index (χ2n) is 5.31. The molecule has 0 aliphatic carbocycles. The standard InChI is InChI=1S/C20H19ClN2O4/c1-4-27-19-10-13(17(21)11-18(19)26-3)9-14(12-22)20(24)23-15-5-7-16(25-2)8-6-15/h5-11H,4H2,1-3H3,(H,23,24)/b14-9+. The molecule has 2 aromatic rings. The molecule has 0 atom stereocenters. The summed E-state index contributed by atoms with van der Waals surface area (Å²) in [5, 5.41) is 12.4. The third-order valence-corrected chi connectivity index (χ3v) is 3.92. The van der Waals surface area contributed by atoms with Crippen LogP contribution in [0, 0.1) is 11.3 Å². The maximum absolute atomic E-state index is 12.4. The van der Waals surface area contributed by atoms with Crippen LogP contribution in [0.5, 0.6) is 17.2 Å². The Morgan fingerprint density at radius 1 is 1.19 bits per heavy atom. The van der Waals surface area contributed by atoms with Crippen LogP contribution in [0.3, 0.4) is 0 Å². The van der Waals surface area contributed by atoms with E-state index in [9.17, 15) is 10.1 Å². The van der Waals surface area contributed by atoms with Crippen molar-refractivity contribution in [3.05, 3.63) is 52.6 Å². The quantitative estimate of drug-likeness (QED) is 0.566. The summed E-state index contributed by atoms with van der Waals surface area (Å²) < 4.78 is 15.8. The van der Waals surface area contributed by atoms with Crippen LogP contribution in [0.4, 0.5) is 5.69 Å². The number of amides is 1. The number of hydrogen-bond donors (Lipinski definition) is 1. The lowest BCUT2D eigenvalue weighted by Crippen LogP contribution is -2.13. The first-order chi connectivity index (χ1) is 13.0. The zero-order chi connectivity index (χ0) is 19.8. The van der Waals surface area contributed by atoms with Crippen molar-refractivity contribution in [2.75, 3.05) is 26.1 Å². The second-order valence-corrected chi connectivity index (χ2v) is 5.72. The van der Waals surface area contributed by atoms with Gasteiger partial charge in [0.25, 0.3) is 5.91 Å². The predicted molar refractivity (Wildman–Crippen MR) is 104 cm³/mol. The Hall–Kier alpha value is -3.17. The summed E-state index contributed by atoms with van der Waals surface area (Å²) in [6.45, 7) is 2.27. The summed E-state index contributed by atoms with van der Waals surface area (Å²) in [5.41, 5.74) is 0.917. The van der Waals surface area contributed by atoms with Crippen molar-refractivity contribution in [1.29, 1.82) is 5.26 Å². The van der Waals surface area contributed by atoms with Gasteiger partial charge >= 0.3 is 0 Å². The molecule has 1 amide bonds. The molecule has 0 spiro atoms. The van der Waals surface area contributed by atoms with E-state index in [1.54, 1.807) is 43.5 Å². The molecule has 0 aliphatic rings. The highest BCUT2D eigenvalue weighted by atomic mass is 35.5. The Labute approximate surface area is 162 Å². The second kappa shape index (κ2) is 9.51. The highest BCUT2D eigenvalue weighted by Gasteiger charge is 2.14. The number of rotatable bonds is 7. The molecule has 0 aromatic heterocycles. The maximum atomic E-state index is 12.4. The van der Waals surface area contributed by atoms with Crippen LogP contribution in [0.15, 0.2) is 42.0 Å². The third-order valence-electron chi connectivity index (χ3n) is 3.60. The molecule has 2 rings (SSSR count). The number of halogens is 1. The molecule has 0 saturated carbocycles. The van der Waals surface area contributed by atoms with Gasteiger partial charge in [0.05, 0.1) is 25.8 Å². The molecule has 0 bridgehead atoms. The molecule has 140 valence electrons. The number of ether oxygens (including phenoxy) is 3. The van der Waals surface area contributed by atoms with Crippen LogP contribution in [0.1, 0.15) is 12.5 Å². The van der Waals surface area contributed by atoms with Crippen molar-refractivity contribution in [2.45, 2.75) is 6.92 Å². The lowest BCUT2D eigenvalue weighted by Gasteiger charge is -2.11. The van der Waals surface area contributed by atoms with E-state index < -0.39 is 5.91 Å². The van der Waals surface area contributed by atoms with Gasteiger partial charge in [-0.15, -0.1) is 0 Å². The minimum absolute atomic E-state index is 0.0969. The topological polar surface area (TPSA) is 80.6 Å². The molecule has 0 heterocycles. The number of nitrogens with zero attached hydrogens (tertiary/aromatic N) is 1. The van der Waals surface area contributed by atoms with Gasteiger partial charge in [0, 0.05) is 11.8 Å². The minimum Gasteiger partial charge on any atom is -0.497 e. The summed E-state index contributed by atoms with van der Waals surface area (Å²) in [6.07, 6.45) is 1.41. The first-order valence-electron chi connectivity index (χ1n) is 8.09. The fourth-order valence-electron chi connectivity index (χ4n) is 2.27. The summed E-state index contributed by atoms with van der Waals surface area (Å²) in [4.78, 5) is 12.4. The van der Waals surface area contributed by atoms with Crippen molar-refractivity contribution >= 4 is 29.3 Å². The van der Waals surface area contributed by atoms with E-state index in [1.165, 1.54) is 13.2 Å². The van der Waals surface area contributed by atoms with Gasteiger partial charge in [-0.2, -0.15) is 5.26 Å². The van der Waals surface area contributed by atoms with Crippen LogP contribution in [-0.4, -0.2) is 26.7 Å². The summed E-state index contributed by atoms with van der Waals surface area (Å²) in [6, 6.07) is 11.9. The van der Waals surface area contributed by atoms with Crippen LogP contribution < -0.4 is 19.5 Å². The van der Waals surface area contributed by atoms with Gasteiger partial charge in [-0.05, 0) is 48.9 Å². The molecule has 0 saturated heterocycles. The number of nitriles is 1. The maximum Gasteiger partial charge on any atom is 0.266 e. The van der Waals surface area contributed by atoms with E-state index in [0.717, 1.165) is 0 Å². The molecular formula is C20H19ClN2O4. The van der Waals surface area contributed by atoms with E-state index in [0.29, 0.717) is 40.1 Å². The fraction of sp³-hybridized carbons (Fsp3) is 0.200. The van der Waals surface area contributed by atoms with Gasteiger partial charge in [0.1, 0.15) is 17.4 Å². The van der Waals surface area contributed by atoms with Crippen molar-refractivity contribution in [3.63, 3.8) is 0 Å². The van der Waals surface area contributed by atoms with E-state index in [4.69, 9.17) is 25.8 Å². The average molecular weight is 387 g/mol. The van der Waals surface area contributed by atoms with Crippen LogP contribution >= 0.6 is 11.6 Å². The number of benzene rings is 2. The summed E-state index contributed by atoms with van der Waals surface area (Å²) in [7, 11) is 3.06. The van der Waals surface area contributed by atoms with Crippen molar-refractivity contribution in [2.24, 2.45) is 0 Å². The number of nitrogens with one attached hydrogen (secondary N) is 1. The average Bonchev–Trinajstić information content (AvgIpc) is 2.68. The molecule has 0 unspecified atom stereocenters. The smallest absolute Gasteiger partial charge is 0.266 e. The van der Waals surface area contributed by atoms with Crippen molar-refractivity contribution < 1.29 is 19.0 Å². The van der Waals surface area contributed by atoms with Crippen molar-refractivity contribution in [3.8, 4) is 23.3 Å². The molecule has 7 heteroatoms. The van der Waals surface area contributed by atoms with Gasteiger partial charge in [-0.3, -0.25) is 4.79 Å².